The number of nitrogens with one attached hydrogen (secondary N) is 1. The van der Waals surface area contributed by atoms with Crippen molar-refractivity contribution < 1.29 is 18.3 Å². The number of nitrogens with zero attached hydrogens (tertiary/aromatic N) is 3. The molecule has 0 aliphatic rings. The van der Waals surface area contributed by atoms with Crippen LogP contribution < -0.4 is 10.1 Å². The summed E-state index contributed by atoms with van der Waals surface area (Å²) in [5.41, 5.74) is 2.06. The van der Waals surface area contributed by atoms with E-state index in [2.05, 4.69) is 20.0 Å². The summed E-state index contributed by atoms with van der Waals surface area (Å²) in [5.74, 6) is -0.409. The molecule has 4 aromatic rings. The molecule has 3 heterocycles. The van der Waals surface area contributed by atoms with E-state index in [1.165, 1.54) is 23.5 Å². The highest BCUT2D eigenvalue weighted by molar-refractivity contribution is 7.14. The highest BCUT2D eigenvalue weighted by atomic mass is 35.5. The predicted octanol–water partition coefficient (Wildman–Crippen LogP) is 5.36. The average molecular weight is 447 g/mol. The summed E-state index contributed by atoms with van der Waals surface area (Å²) in [5, 5.41) is 4.88. The minimum Gasteiger partial charge on any atom is -0.434 e. The van der Waals surface area contributed by atoms with Crippen molar-refractivity contribution in [3.05, 3.63) is 71.0 Å². The number of thiazole rings is 1. The number of hydrogen-bond acceptors (Lipinski definition) is 5. The third-order valence-corrected chi connectivity index (χ3v) is 5.06. The quantitative estimate of drug-likeness (QED) is 0.404. The van der Waals surface area contributed by atoms with E-state index in [-0.39, 0.29) is 10.9 Å². The molecule has 0 saturated carbocycles. The van der Waals surface area contributed by atoms with Crippen LogP contribution in [-0.2, 0) is 4.79 Å². The number of aromatic nitrogens is 3. The zero-order valence-corrected chi connectivity index (χ0v) is 16.7. The molecule has 0 bridgehead atoms. The van der Waals surface area contributed by atoms with Gasteiger partial charge in [0.25, 0.3) is 0 Å². The third kappa shape index (κ3) is 4.32. The summed E-state index contributed by atoms with van der Waals surface area (Å²) in [4.78, 5) is 20.8. The van der Waals surface area contributed by atoms with Crippen LogP contribution in [0.3, 0.4) is 0 Å². The van der Waals surface area contributed by atoms with Crippen molar-refractivity contribution in [3.63, 3.8) is 0 Å². The first-order valence-electron chi connectivity index (χ1n) is 8.62. The minimum absolute atomic E-state index is 0.0119. The maximum absolute atomic E-state index is 12.6. The molecule has 0 saturated heterocycles. The van der Waals surface area contributed by atoms with Crippen LogP contribution in [0.1, 0.15) is 5.69 Å². The Bertz CT molecular complexity index is 1240. The van der Waals surface area contributed by atoms with Gasteiger partial charge in [0.05, 0.1) is 11.4 Å². The minimum atomic E-state index is -2.94. The monoisotopic (exact) mass is 446 g/mol. The number of halogens is 3. The molecule has 3 aromatic heterocycles. The van der Waals surface area contributed by atoms with Crippen molar-refractivity contribution in [1.29, 1.82) is 0 Å². The molecule has 0 radical (unpaired) electrons. The van der Waals surface area contributed by atoms with Gasteiger partial charge in [0.2, 0.25) is 5.91 Å². The highest BCUT2D eigenvalue weighted by Gasteiger charge is 2.14. The van der Waals surface area contributed by atoms with Crippen molar-refractivity contribution in [3.8, 4) is 17.0 Å². The lowest BCUT2D eigenvalue weighted by atomic mass is 10.1. The van der Waals surface area contributed by atoms with Crippen LogP contribution in [0.15, 0.2) is 60.1 Å². The Kier molecular flexibility index (Phi) is 5.73. The van der Waals surface area contributed by atoms with E-state index < -0.39 is 12.5 Å². The van der Waals surface area contributed by atoms with E-state index in [9.17, 15) is 13.6 Å². The first-order chi connectivity index (χ1) is 14.5. The normalized spacial score (nSPS) is 11.5. The molecule has 0 aliphatic heterocycles. The van der Waals surface area contributed by atoms with Gasteiger partial charge in [-0.05, 0) is 30.3 Å². The second-order valence-electron chi connectivity index (χ2n) is 5.95. The van der Waals surface area contributed by atoms with Gasteiger partial charge in [-0.15, -0.1) is 11.3 Å². The number of benzene rings is 1. The maximum atomic E-state index is 12.6. The lowest BCUT2D eigenvalue weighted by molar-refractivity contribution is -0.111. The number of hydrogen-bond donors (Lipinski definition) is 1. The topological polar surface area (TPSA) is 68.5 Å². The fourth-order valence-electron chi connectivity index (χ4n) is 2.77. The molecule has 1 N–H and O–H groups in total. The number of carbonyl (C=O) groups is 1. The summed E-state index contributed by atoms with van der Waals surface area (Å²) in [7, 11) is 0. The van der Waals surface area contributed by atoms with Crippen molar-refractivity contribution in [2.24, 2.45) is 0 Å². The van der Waals surface area contributed by atoms with Crippen LogP contribution in [-0.4, -0.2) is 26.9 Å². The Morgan fingerprint density at radius 3 is 2.83 bits per heavy atom. The summed E-state index contributed by atoms with van der Waals surface area (Å²) >= 11 is 7.31. The second kappa shape index (κ2) is 8.60. The molecular weight excluding hydrogens is 434 g/mol. The van der Waals surface area contributed by atoms with Gasteiger partial charge >= 0.3 is 6.61 Å². The molecule has 1 aromatic carbocycles. The lowest BCUT2D eigenvalue weighted by Crippen LogP contribution is -2.07. The number of fused-ring (bicyclic) bond motifs is 1. The van der Waals surface area contributed by atoms with Gasteiger partial charge in [-0.1, -0.05) is 29.8 Å². The number of pyridine rings is 1. The smallest absolute Gasteiger partial charge is 0.387 e. The maximum Gasteiger partial charge on any atom is 0.387 e. The first kappa shape index (κ1) is 20.0. The van der Waals surface area contributed by atoms with E-state index >= 15 is 0 Å². The van der Waals surface area contributed by atoms with Crippen molar-refractivity contribution >= 4 is 45.7 Å². The third-order valence-electron chi connectivity index (χ3n) is 4.03. The molecular formula is C20H13ClF2N4O2S. The number of imidazole rings is 1. The molecule has 0 spiro atoms. The molecule has 0 fully saturated rings. The van der Waals surface area contributed by atoms with Gasteiger partial charge < -0.3 is 4.74 Å². The largest absolute Gasteiger partial charge is 0.434 e. The van der Waals surface area contributed by atoms with Crippen LogP contribution >= 0.6 is 22.9 Å². The van der Waals surface area contributed by atoms with Crippen LogP contribution in [0.4, 0.5) is 13.9 Å². The second-order valence-corrected chi connectivity index (χ2v) is 7.17. The van der Waals surface area contributed by atoms with E-state index in [1.807, 2.05) is 12.1 Å². The number of anilines is 1. The van der Waals surface area contributed by atoms with E-state index in [0.717, 1.165) is 0 Å². The Labute approximate surface area is 178 Å². The Hall–Kier alpha value is -3.30. The number of alkyl halides is 2. The number of para-hydroxylation sites is 1. The number of ether oxygens (including phenoxy) is 1. The van der Waals surface area contributed by atoms with Crippen molar-refractivity contribution in [1.82, 2.24) is 14.4 Å². The van der Waals surface area contributed by atoms with E-state index in [1.54, 1.807) is 46.3 Å². The Morgan fingerprint density at radius 1 is 1.20 bits per heavy atom. The Morgan fingerprint density at radius 2 is 2.00 bits per heavy atom. The molecule has 0 atom stereocenters. The SMILES string of the molecule is O=C(/C=C/c1c(Cl)nc2ccccn12)Nc1nc(-c2ccccc2OC(F)F)cs1. The fraction of sp³-hybridized carbons (Fsp3) is 0.0500. The zero-order valence-electron chi connectivity index (χ0n) is 15.1. The predicted molar refractivity (Wildman–Crippen MR) is 112 cm³/mol. The van der Waals surface area contributed by atoms with Gasteiger partial charge in [-0.2, -0.15) is 8.78 Å². The average Bonchev–Trinajstić information content (AvgIpc) is 3.30. The summed E-state index contributed by atoms with van der Waals surface area (Å²) < 4.78 is 31.5. The van der Waals surface area contributed by atoms with Crippen LogP contribution in [0.5, 0.6) is 5.75 Å². The Balaban J connectivity index is 1.50. The molecule has 30 heavy (non-hydrogen) atoms. The summed E-state index contributed by atoms with van der Waals surface area (Å²) in [6, 6.07) is 11.8. The first-order valence-corrected chi connectivity index (χ1v) is 9.88. The van der Waals surface area contributed by atoms with Gasteiger partial charge in [0, 0.05) is 23.2 Å². The number of rotatable bonds is 6. The highest BCUT2D eigenvalue weighted by Crippen LogP contribution is 2.33. The molecule has 6 nitrogen and oxygen atoms in total. The standard InChI is InChI=1S/C20H13ClF2N4O2S/c21-18-14(27-10-4-3-7-16(27)25-18)8-9-17(28)26-20-24-13(11-30-20)12-5-1-2-6-15(12)29-19(22)23/h1-11,19H,(H,24,26,28)/b9-8+. The van der Waals surface area contributed by atoms with Crippen LogP contribution in [0.25, 0.3) is 23.0 Å². The molecule has 152 valence electrons. The van der Waals surface area contributed by atoms with Gasteiger partial charge in [-0.3, -0.25) is 14.5 Å². The van der Waals surface area contributed by atoms with Crippen molar-refractivity contribution in [2.75, 3.05) is 5.32 Å². The lowest BCUT2D eigenvalue weighted by Gasteiger charge is -2.08. The van der Waals surface area contributed by atoms with Crippen LogP contribution in [0, 0.1) is 0 Å². The number of amides is 1. The van der Waals surface area contributed by atoms with Gasteiger partial charge in [0.15, 0.2) is 10.3 Å². The molecule has 0 aliphatic carbocycles. The van der Waals surface area contributed by atoms with Crippen LogP contribution in [0.2, 0.25) is 5.15 Å². The van der Waals surface area contributed by atoms with Crippen molar-refractivity contribution in [2.45, 2.75) is 6.61 Å². The molecule has 10 heteroatoms. The molecule has 0 unspecified atom stereocenters. The number of carbonyl (C=O) groups excluding carboxylic acids is 1. The van der Waals surface area contributed by atoms with E-state index in [0.29, 0.717) is 27.7 Å². The fourth-order valence-corrected chi connectivity index (χ4v) is 3.72. The van der Waals surface area contributed by atoms with Gasteiger partial charge in [-0.25, -0.2) is 9.97 Å². The summed E-state index contributed by atoms with van der Waals surface area (Å²) in [6.07, 6.45) is 4.66. The molecule has 4 rings (SSSR count). The van der Waals surface area contributed by atoms with E-state index in [4.69, 9.17) is 11.6 Å². The van der Waals surface area contributed by atoms with Gasteiger partial charge in [0.1, 0.15) is 11.4 Å². The zero-order chi connectivity index (χ0) is 21.1. The molecule has 1 amide bonds. The summed E-state index contributed by atoms with van der Waals surface area (Å²) in [6.45, 7) is -2.94.